The molecular formula is C19H20N2O3. The Labute approximate surface area is 141 Å². The summed E-state index contributed by atoms with van der Waals surface area (Å²) in [5.74, 6) is -0.650. The Hall–Kier alpha value is -2.82. The first-order valence-corrected chi connectivity index (χ1v) is 7.79. The van der Waals surface area contributed by atoms with E-state index in [4.69, 9.17) is 4.74 Å². The van der Waals surface area contributed by atoms with Crippen molar-refractivity contribution in [1.29, 1.82) is 0 Å². The molecule has 24 heavy (non-hydrogen) atoms. The van der Waals surface area contributed by atoms with Crippen LogP contribution in [0, 0.1) is 0 Å². The molecule has 0 fully saturated rings. The number of fused-ring (bicyclic) bond motifs is 1. The maximum Gasteiger partial charge on any atom is 0.333 e. The van der Waals surface area contributed by atoms with Gasteiger partial charge in [0.25, 0.3) is 5.91 Å². The summed E-state index contributed by atoms with van der Waals surface area (Å²) in [5, 5.41) is 3.24. The molecule has 1 aliphatic heterocycles. The highest BCUT2D eigenvalue weighted by atomic mass is 16.5. The minimum Gasteiger partial charge on any atom is -0.467 e. The molecule has 1 heterocycles. The maximum atomic E-state index is 13.1. The van der Waals surface area contributed by atoms with Crippen LogP contribution >= 0.6 is 0 Å². The molecule has 1 amide bonds. The summed E-state index contributed by atoms with van der Waals surface area (Å²) < 4.78 is 5.00. The van der Waals surface area contributed by atoms with E-state index in [-0.39, 0.29) is 5.91 Å². The quantitative estimate of drug-likeness (QED) is 0.881. The highest BCUT2D eigenvalue weighted by Crippen LogP contribution is 2.40. The van der Waals surface area contributed by atoms with E-state index in [0.29, 0.717) is 11.3 Å². The van der Waals surface area contributed by atoms with Gasteiger partial charge in [-0.05, 0) is 31.5 Å². The van der Waals surface area contributed by atoms with Crippen molar-refractivity contribution in [2.24, 2.45) is 0 Å². The predicted octanol–water partition coefficient (Wildman–Crippen LogP) is 3.14. The van der Waals surface area contributed by atoms with Crippen LogP contribution in [-0.2, 0) is 14.3 Å². The first-order valence-electron chi connectivity index (χ1n) is 7.79. The third-order valence-electron chi connectivity index (χ3n) is 4.16. The number of anilines is 2. The summed E-state index contributed by atoms with van der Waals surface area (Å²) in [5.41, 5.74) is 1.37. The number of carbonyl (C=O) groups excluding carboxylic acids is 2. The highest BCUT2D eigenvalue weighted by molar-refractivity contribution is 6.10. The number of hydrogen-bond donors (Lipinski definition) is 1. The van der Waals surface area contributed by atoms with Gasteiger partial charge in [-0.2, -0.15) is 0 Å². The van der Waals surface area contributed by atoms with Crippen LogP contribution in [0.1, 0.15) is 25.5 Å². The van der Waals surface area contributed by atoms with Gasteiger partial charge in [-0.1, -0.05) is 42.5 Å². The lowest BCUT2D eigenvalue weighted by molar-refractivity contribution is -0.144. The molecule has 0 radical (unpaired) electrons. The van der Waals surface area contributed by atoms with Crippen molar-refractivity contribution in [2.75, 3.05) is 17.3 Å². The number of rotatable bonds is 3. The van der Waals surface area contributed by atoms with E-state index in [0.717, 1.165) is 5.69 Å². The number of amides is 1. The topological polar surface area (TPSA) is 58.6 Å². The van der Waals surface area contributed by atoms with Crippen LogP contribution < -0.4 is 10.2 Å². The van der Waals surface area contributed by atoms with E-state index in [1.807, 2.05) is 54.6 Å². The van der Waals surface area contributed by atoms with Crippen LogP contribution in [0.3, 0.4) is 0 Å². The molecule has 2 aromatic carbocycles. The molecule has 0 saturated heterocycles. The van der Waals surface area contributed by atoms with Crippen LogP contribution in [0.15, 0.2) is 54.6 Å². The molecule has 1 unspecified atom stereocenters. The molecule has 124 valence electrons. The Balaban J connectivity index is 2.19. The fraction of sp³-hybridized carbons (Fsp3) is 0.263. The second-order valence-corrected chi connectivity index (χ2v) is 6.28. The number of esters is 1. The van der Waals surface area contributed by atoms with Gasteiger partial charge in [-0.3, -0.25) is 9.69 Å². The Bertz CT molecular complexity index is 771. The van der Waals surface area contributed by atoms with E-state index < -0.39 is 17.6 Å². The van der Waals surface area contributed by atoms with Gasteiger partial charge >= 0.3 is 5.97 Å². The van der Waals surface area contributed by atoms with Crippen LogP contribution in [0.5, 0.6) is 0 Å². The molecule has 1 aliphatic rings. The summed E-state index contributed by atoms with van der Waals surface area (Å²) in [6.45, 7) is 3.61. The average molecular weight is 324 g/mol. The minimum absolute atomic E-state index is 0.180. The lowest BCUT2D eigenvalue weighted by Crippen LogP contribution is -2.56. The van der Waals surface area contributed by atoms with Crippen LogP contribution in [0.25, 0.3) is 0 Å². The zero-order chi connectivity index (χ0) is 17.3. The summed E-state index contributed by atoms with van der Waals surface area (Å²) in [4.78, 5) is 27.2. The van der Waals surface area contributed by atoms with E-state index in [2.05, 4.69) is 5.32 Å². The van der Waals surface area contributed by atoms with Crippen molar-refractivity contribution in [3.8, 4) is 0 Å². The summed E-state index contributed by atoms with van der Waals surface area (Å²) in [6, 6.07) is 15.8. The van der Waals surface area contributed by atoms with Crippen molar-refractivity contribution in [1.82, 2.24) is 0 Å². The molecule has 0 aliphatic carbocycles. The second kappa shape index (κ2) is 6.00. The monoisotopic (exact) mass is 324 g/mol. The van der Waals surface area contributed by atoms with Gasteiger partial charge in [-0.25, -0.2) is 4.79 Å². The normalized spacial score (nSPS) is 16.8. The van der Waals surface area contributed by atoms with Crippen molar-refractivity contribution < 1.29 is 14.3 Å². The Morgan fingerprint density at radius 3 is 2.38 bits per heavy atom. The first-order chi connectivity index (χ1) is 11.5. The van der Waals surface area contributed by atoms with Crippen molar-refractivity contribution in [2.45, 2.75) is 25.4 Å². The van der Waals surface area contributed by atoms with Gasteiger partial charge in [0.15, 0.2) is 6.04 Å². The lowest BCUT2D eigenvalue weighted by atomic mass is 9.94. The van der Waals surface area contributed by atoms with Gasteiger partial charge in [0.1, 0.15) is 5.54 Å². The van der Waals surface area contributed by atoms with Gasteiger partial charge in [0.2, 0.25) is 0 Å². The lowest BCUT2D eigenvalue weighted by Gasteiger charge is -2.42. The highest BCUT2D eigenvalue weighted by Gasteiger charge is 2.44. The van der Waals surface area contributed by atoms with E-state index in [1.165, 1.54) is 12.0 Å². The number of benzene rings is 2. The standard InChI is InChI=1S/C19H20N2O3/c1-19(2)18(23)21(15-12-8-7-11-14(15)20-19)16(17(22)24-3)13-9-5-4-6-10-13/h4-12,16,20H,1-3H3. The minimum atomic E-state index is -0.828. The van der Waals surface area contributed by atoms with Crippen molar-refractivity contribution >= 4 is 23.3 Å². The van der Waals surface area contributed by atoms with Crippen LogP contribution in [0.2, 0.25) is 0 Å². The molecular weight excluding hydrogens is 304 g/mol. The fourth-order valence-corrected chi connectivity index (χ4v) is 2.98. The van der Waals surface area contributed by atoms with E-state index >= 15 is 0 Å². The van der Waals surface area contributed by atoms with Crippen molar-refractivity contribution in [3.05, 3.63) is 60.2 Å². The van der Waals surface area contributed by atoms with Gasteiger partial charge in [0, 0.05) is 0 Å². The Kier molecular flexibility index (Phi) is 4.01. The number of nitrogens with zero attached hydrogens (tertiary/aromatic N) is 1. The summed E-state index contributed by atoms with van der Waals surface area (Å²) >= 11 is 0. The SMILES string of the molecule is COC(=O)C(c1ccccc1)N1C(=O)C(C)(C)Nc2ccccc21. The summed E-state index contributed by atoms with van der Waals surface area (Å²) in [7, 11) is 1.34. The fourth-order valence-electron chi connectivity index (χ4n) is 2.98. The zero-order valence-corrected chi connectivity index (χ0v) is 13.9. The Morgan fingerprint density at radius 1 is 1.08 bits per heavy atom. The molecule has 5 nitrogen and oxygen atoms in total. The Morgan fingerprint density at radius 2 is 1.71 bits per heavy atom. The molecule has 5 heteroatoms. The van der Waals surface area contributed by atoms with Gasteiger partial charge < -0.3 is 10.1 Å². The maximum absolute atomic E-state index is 13.1. The average Bonchev–Trinajstić information content (AvgIpc) is 2.59. The molecule has 0 spiro atoms. The summed E-state index contributed by atoms with van der Waals surface area (Å²) in [6.07, 6.45) is 0. The number of para-hydroxylation sites is 2. The molecule has 2 aromatic rings. The third-order valence-corrected chi connectivity index (χ3v) is 4.16. The second-order valence-electron chi connectivity index (χ2n) is 6.28. The zero-order valence-electron chi connectivity index (χ0n) is 13.9. The predicted molar refractivity (Wildman–Crippen MR) is 92.8 cm³/mol. The van der Waals surface area contributed by atoms with E-state index in [1.54, 1.807) is 13.8 Å². The number of ether oxygens (including phenoxy) is 1. The third kappa shape index (κ3) is 2.62. The van der Waals surface area contributed by atoms with Gasteiger partial charge in [-0.15, -0.1) is 0 Å². The molecule has 1 N–H and O–H groups in total. The number of carbonyl (C=O) groups is 2. The van der Waals surface area contributed by atoms with Crippen LogP contribution in [-0.4, -0.2) is 24.5 Å². The van der Waals surface area contributed by atoms with Crippen LogP contribution in [0.4, 0.5) is 11.4 Å². The number of hydrogen-bond acceptors (Lipinski definition) is 4. The largest absolute Gasteiger partial charge is 0.467 e. The first kappa shape index (κ1) is 16.1. The van der Waals surface area contributed by atoms with E-state index in [9.17, 15) is 9.59 Å². The molecule has 1 atom stereocenters. The number of methoxy groups -OCH3 is 1. The number of nitrogens with one attached hydrogen (secondary N) is 1. The smallest absolute Gasteiger partial charge is 0.333 e. The van der Waals surface area contributed by atoms with Gasteiger partial charge in [0.05, 0.1) is 18.5 Å². The molecule has 0 bridgehead atoms. The molecule has 3 rings (SSSR count). The van der Waals surface area contributed by atoms with Crippen molar-refractivity contribution in [3.63, 3.8) is 0 Å². The molecule has 0 saturated carbocycles. The molecule has 0 aromatic heterocycles.